The van der Waals surface area contributed by atoms with Crippen LogP contribution < -0.4 is 21.3 Å². The Kier molecular flexibility index (Phi) is 12.4. The van der Waals surface area contributed by atoms with E-state index < -0.39 is 53.0 Å². The van der Waals surface area contributed by atoms with E-state index >= 15 is 13.2 Å². The average molecular weight is 674 g/mol. The van der Waals surface area contributed by atoms with Crippen molar-refractivity contribution in [3.05, 3.63) is 53.5 Å². The Labute approximate surface area is 279 Å². The maximum Gasteiger partial charge on any atom is 0.351 e. The first-order valence-corrected chi connectivity index (χ1v) is 16.6. The standard InChI is InChI=1S/C34H46F3N7O4/c1-5-28(45)41-29(32(47)44-17-15-43(4)16-18-44)21(2)23-11-13-26(25(35)19-23)40-31(46)30(22-9-7-6-8-10-22)42-33(48)34(36,37)24-12-14-27(38-3)39-20-24/h11-14,19-22,29-30H,5-10,15-18H2,1-4H3,(H,38,39)(H,40,46)(H,41,45)(H,42,48)/t21-,29+,30-/m0/s1. The third kappa shape index (κ3) is 8.82. The number of aromatic nitrogens is 1. The number of halogens is 3. The molecule has 1 aliphatic heterocycles. The molecule has 1 aromatic heterocycles. The van der Waals surface area contributed by atoms with Gasteiger partial charge in [-0.25, -0.2) is 9.37 Å². The number of hydrogen-bond acceptors (Lipinski definition) is 7. The first-order chi connectivity index (χ1) is 22.8. The van der Waals surface area contributed by atoms with Crippen LogP contribution in [0.2, 0.25) is 0 Å². The highest BCUT2D eigenvalue weighted by molar-refractivity contribution is 5.98. The molecule has 0 unspecified atom stereocenters. The van der Waals surface area contributed by atoms with Crippen molar-refractivity contribution in [2.75, 3.05) is 50.9 Å². The zero-order chi connectivity index (χ0) is 35.0. The van der Waals surface area contributed by atoms with Crippen molar-refractivity contribution in [1.82, 2.24) is 25.4 Å². The minimum atomic E-state index is -3.97. The van der Waals surface area contributed by atoms with Crippen molar-refractivity contribution < 1.29 is 32.3 Å². The molecule has 1 saturated heterocycles. The number of likely N-dealkylation sites (N-methyl/N-ethyl adjacent to an activating group) is 1. The van der Waals surface area contributed by atoms with Gasteiger partial charge in [-0.3, -0.25) is 19.2 Å². The summed E-state index contributed by atoms with van der Waals surface area (Å²) in [7, 11) is 3.55. The van der Waals surface area contributed by atoms with Crippen LogP contribution in [-0.2, 0) is 25.1 Å². The minimum absolute atomic E-state index is 0.169. The molecule has 2 heterocycles. The van der Waals surface area contributed by atoms with E-state index in [4.69, 9.17) is 0 Å². The Morgan fingerprint density at radius 2 is 1.69 bits per heavy atom. The van der Waals surface area contributed by atoms with Crippen LogP contribution in [0.5, 0.6) is 0 Å². The number of piperazine rings is 1. The first-order valence-electron chi connectivity index (χ1n) is 16.6. The molecule has 4 N–H and O–H groups in total. The average Bonchev–Trinajstić information content (AvgIpc) is 3.10. The Balaban J connectivity index is 1.52. The molecular formula is C34H46F3N7O4. The maximum absolute atomic E-state index is 15.6. The summed E-state index contributed by atoms with van der Waals surface area (Å²) in [6, 6.07) is 4.21. The Morgan fingerprint density at radius 3 is 2.27 bits per heavy atom. The van der Waals surface area contributed by atoms with Gasteiger partial charge in [0.2, 0.25) is 17.7 Å². The number of rotatable bonds is 12. The minimum Gasteiger partial charge on any atom is -0.373 e. The zero-order valence-corrected chi connectivity index (χ0v) is 28.0. The number of amides is 4. The van der Waals surface area contributed by atoms with Crippen LogP contribution in [-0.4, -0.2) is 90.8 Å². The zero-order valence-electron chi connectivity index (χ0n) is 28.0. The highest BCUT2D eigenvalue weighted by Crippen LogP contribution is 2.32. The Morgan fingerprint density at radius 1 is 1.00 bits per heavy atom. The summed E-state index contributed by atoms with van der Waals surface area (Å²) in [6.07, 6.45) is 4.59. The fourth-order valence-corrected chi connectivity index (χ4v) is 6.17. The van der Waals surface area contributed by atoms with Gasteiger partial charge in [-0.05, 0) is 55.6 Å². The van der Waals surface area contributed by atoms with Crippen molar-refractivity contribution in [1.29, 1.82) is 0 Å². The smallest absolute Gasteiger partial charge is 0.351 e. The maximum atomic E-state index is 15.6. The molecule has 1 saturated carbocycles. The summed E-state index contributed by atoms with van der Waals surface area (Å²) >= 11 is 0. The second kappa shape index (κ2) is 16.3. The molecule has 14 heteroatoms. The van der Waals surface area contributed by atoms with Crippen LogP contribution >= 0.6 is 0 Å². The van der Waals surface area contributed by atoms with Gasteiger partial charge >= 0.3 is 5.92 Å². The number of benzene rings is 1. The summed E-state index contributed by atoms with van der Waals surface area (Å²) in [6.45, 7) is 5.79. The lowest BCUT2D eigenvalue weighted by atomic mass is 9.83. The van der Waals surface area contributed by atoms with Crippen LogP contribution in [0.4, 0.5) is 24.7 Å². The third-order valence-electron chi connectivity index (χ3n) is 9.35. The molecule has 2 fully saturated rings. The van der Waals surface area contributed by atoms with Crippen LogP contribution in [0.15, 0.2) is 36.5 Å². The second-order valence-electron chi connectivity index (χ2n) is 12.7. The quantitative estimate of drug-likeness (QED) is 0.269. The van der Waals surface area contributed by atoms with E-state index in [0.717, 1.165) is 31.5 Å². The number of alkyl halides is 2. The highest BCUT2D eigenvalue weighted by Gasteiger charge is 2.44. The monoisotopic (exact) mass is 673 g/mol. The number of nitrogens with zero attached hydrogens (tertiary/aromatic N) is 3. The molecule has 0 bridgehead atoms. The first kappa shape index (κ1) is 36.6. The molecule has 4 rings (SSSR count). The van der Waals surface area contributed by atoms with Crippen molar-refractivity contribution in [2.45, 2.75) is 76.3 Å². The van der Waals surface area contributed by atoms with Gasteiger partial charge in [-0.2, -0.15) is 8.78 Å². The van der Waals surface area contributed by atoms with Gasteiger partial charge < -0.3 is 31.1 Å². The van der Waals surface area contributed by atoms with E-state index in [1.165, 1.54) is 18.2 Å². The highest BCUT2D eigenvalue weighted by atomic mass is 19.3. The van der Waals surface area contributed by atoms with Crippen LogP contribution in [0.1, 0.15) is 69.4 Å². The lowest BCUT2D eigenvalue weighted by Crippen LogP contribution is -2.55. The Bertz CT molecular complexity index is 1440. The van der Waals surface area contributed by atoms with E-state index in [9.17, 15) is 19.2 Å². The topological polar surface area (TPSA) is 136 Å². The summed E-state index contributed by atoms with van der Waals surface area (Å²) in [4.78, 5) is 60.1. The SMILES string of the molecule is CCC(=O)N[C@@H](C(=O)N1CCN(C)CC1)[C@@H](C)c1ccc(NC(=O)[C@@H](NC(=O)C(F)(F)c2ccc(NC)nc2)C2CCCCC2)c(F)c1. The summed E-state index contributed by atoms with van der Waals surface area (Å²) in [5.74, 6) is -8.50. The molecule has 4 amide bonds. The van der Waals surface area contributed by atoms with Gasteiger partial charge in [0.15, 0.2) is 0 Å². The largest absolute Gasteiger partial charge is 0.373 e. The fourth-order valence-electron chi connectivity index (χ4n) is 6.17. The van der Waals surface area contributed by atoms with Crippen molar-refractivity contribution in [3.8, 4) is 0 Å². The summed E-state index contributed by atoms with van der Waals surface area (Å²) in [5.41, 5.74) is -0.412. The van der Waals surface area contributed by atoms with Gasteiger partial charge in [-0.15, -0.1) is 0 Å². The van der Waals surface area contributed by atoms with Gasteiger partial charge in [0.1, 0.15) is 23.7 Å². The summed E-state index contributed by atoms with van der Waals surface area (Å²) < 4.78 is 46.0. The molecule has 11 nitrogen and oxygen atoms in total. The predicted molar refractivity (Wildman–Crippen MR) is 176 cm³/mol. The van der Waals surface area contributed by atoms with Gasteiger partial charge in [0.25, 0.3) is 5.91 Å². The van der Waals surface area contributed by atoms with Crippen molar-refractivity contribution >= 4 is 35.1 Å². The van der Waals surface area contributed by atoms with Crippen molar-refractivity contribution in [2.24, 2.45) is 5.92 Å². The molecule has 0 spiro atoms. The lowest BCUT2D eigenvalue weighted by molar-refractivity contribution is -0.149. The predicted octanol–water partition coefficient (Wildman–Crippen LogP) is 3.83. The number of carbonyl (C=O) groups is 4. The van der Waals surface area contributed by atoms with Gasteiger partial charge in [0.05, 0.1) is 5.69 Å². The number of hydrogen-bond donors (Lipinski definition) is 4. The second-order valence-corrected chi connectivity index (χ2v) is 12.7. The molecule has 1 aliphatic carbocycles. The molecule has 262 valence electrons. The van der Waals surface area contributed by atoms with E-state index in [0.29, 0.717) is 50.4 Å². The van der Waals surface area contributed by atoms with Crippen LogP contribution in [0, 0.1) is 11.7 Å². The van der Waals surface area contributed by atoms with E-state index in [1.54, 1.807) is 31.9 Å². The molecule has 1 aromatic carbocycles. The number of carbonyl (C=O) groups excluding carboxylic acids is 4. The Hall–Kier alpha value is -4.20. The van der Waals surface area contributed by atoms with E-state index in [-0.39, 0.29) is 23.9 Å². The summed E-state index contributed by atoms with van der Waals surface area (Å²) in [5, 5.41) is 10.3. The number of pyridine rings is 1. The molecule has 0 radical (unpaired) electrons. The molecular weight excluding hydrogens is 627 g/mol. The molecule has 3 atom stereocenters. The third-order valence-corrected chi connectivity index (χ3v) is 9.35. The van der Waals surface area contributed by atoms with Crippen LogP contribution in [0.3, 0.4) is 0 Å². The number of nitrogens with one attached hydrogen (secondary N) is 4. The molecule has 2 aliphatic rings. The van der Waals surface area contributed by atoms with E-state index in [2.05, 4.69) is 31.2 Å². The molecule has 48 heavy (non-hydrogen) atoms. The van der Waals surface area contributed by atoms with Gasteiger partial charge in [0, 0.05) is 57.3 Å². The normalized spacial score (nSPS) is 17.9. The molecule has 2 aromatic rings. The fraction of sp³-hybridized carbons (Fsp3) is 0.559. The number of anilines is 2. The van der Waals surface area contributed by atoms with Crippen molar-refractivity contribution in [3.63, 3.8) is 0 Å². The van der Waals surface area contributed by atoms with Crippen LogP contribution in [0.25, 0.3) is 0 Å². The van der Waals surface area contributed by atoms with E-state index in [1.807, 2.05) is 7.05 Å². The van der Waals surface area contributed by atoms with Gasteiger partial charge in [-0.1, -0.05) is 39.2 Å². The lowest BCUT2D eigenvalue weighted by Gasteiger charge is -2.36.